The van der Waals surface area contributed by atoms with Gasteiger partial charge in [0.25, 0.3) is 0 Å². The highest BCUT2D eigenvalue weighted by Gasteiger charge is 2.30. The van der Waals surface area contributed by atoms with Crippen molar-refractivity contribution in [2.75, 3.05) is 40.9 Å². The van der Waals surface area contributed by atoms with Crippen LogP contribution in [0.4, 0.5) is 0 Å². The van der Waals surface area contributed by atoms with Crippen molar-refractivity contribution in [2.45, 2.75) is 354 Å². The van der Waals surface area contributed by atoms with Gasteiger partial charge in [0, 0.05) is 12.8 Å². The lowest BCUT2D eigenvalue weighted by molar-refractivity contribution is -0.870. The van der Waals surface area contributed by atoms with Crippen molar-refractivity contribution in [3.05, 3.63) is 36.5 Å². The van der Waals surface area contributed by atoms with Crippen LogP contribution in [-0.2, 0) is 27.9 Å². The number of ether oxygens (including phenoxy) is 1. The molecule has 9 nitrogen and oxygen atoms in total. The number of phosphoric acid groups is 1. The molecule has 0 aliphatic rings. The lowest BCUT2D eigenvalue weighted by Gasteiger charge is -2.27. The average Bonchev–Trinajstić information content (AvgIpc) is 3.41. The molecule has 0 fully saturated rings. The number of hydrogen-bond acceptors (Lipinski definition) is 6. The number of allylic oxidation sites excluding steroid dienone is 5. The highest BCUT2D eigenvalue weighted by atomic mass is 31.2. The Morgan fingerprint density at radius 2 is 0.734 bits per heavy atom. The van der Waals surface area contributed by atoms with Gasteiger partial charge in [-0.3, -0.25) is 18.6 Å². The van der Waals surface area contributed by atoms with Crippen LogP contribution in [0.1, 0.15) is 342 Å². The molecule has 0 saturated heterocycles. The summed E-state index contributed by atoms with van der Waals surface area (Å²) >= 11 is 0. The third-order valence-electron chi connectivity index (χ3n) is 15.6. The summed E-state index contributed by atoms with van der Waals surface area (Å²) in [4.78, 5) is 37.8. The van der Waals surface area contributed by atoms with Crippen LogP contribution in [0, 0.1) is 0 Å². The quantitative estimate of drug-likeness (QED) is 0.0205. The molecule has 2 N–H and O–H groups in total. The molecule has 0 aromatic heterocycles. The summed E-state index contributed by atoms with van der Waals surface area (Å²) in [6.07, 6.45) is 72.9. The van der Waals surface area contributed by atoms with E-state index in [0.29, 0.717) is 23.9 Å². The zero-order valence-electron chi connectivity index (χ0n) is 53.4. The zero-order chi connectivity index (χ0) is 57.9. The number of nitrogens with zero attached hydrogens (tertiary/aromatic N) is 1. The molecule has 0 saturated carbocycles. The fourth-order valence-corrected chi connectivity index (χ4v) is 11.0. The highest BCUT2D eigenvalue weighted by molar-refractivity contribution is 7.47. The van der Waals surface area contributed by atoms with E-state index >= 15 is 0 Å². The van der Waals surface area contributed by atoms with Gasteiger partial charge in [0.2, 0.25) is 5.91 Å². The summed E-state index contributed by atoms with van der Waals surface area (Å²) in [5.74, 6) is -0.494. The Bertz CT molecular complexity index is 1450. The standard InChI is InChI=1S/C69H133N2O7P/c1-7-10-13-16-19-22-25-28-30-31-32-33-34-35-36-37-38-39-41-44-47-50-53-56-59-62-69(73)78-67(60-57-54-51-48-45-42-27-24-21-18-15-12-9-3)66(65-77-79(74,75)76-64-63-71(4,5)6)70-68(72)61-58-55-52-49-46-43-40-29-26-23-20-17-14-11-8-2/h23,26,28,30,57,60,66-67H,7-22,24-25,27,29,31-56,58-59,61-65H2,1-6H3,(H-,70,72,74,75)/p+1/b26-23-,30-28+,60-57-. The van der Waals surface area contributed by atoms with E-state index in [0.717, 1.165) is 64.2 Å². The van der Waals surface area contributed by atoms with Crippen LogP contribution >= 0.6 is 7.82 Å². The summed E-state index contributed by atoms with van der Waals surface area (Å²) in [5.41, 5.74) is 0. The maximum atomic E-state index is 13.6. The second-order valence-corrected chi connectivity index (χ2v) is 26.1. The van der Waals surface area contributed by atoms with E-state index in [4.69, 9.17) is 13.8 Å². The third kappa shape index (κ3) is 60.6. The molecule has 3 unspecified atom stereocenters. The Labute approximate surface area is 491 Å². The number of nitrogens with one attached hydrogen (secondary N) is 1. The van der Waals surface area contributed by atoms with Crippen LogP contribution in [0.25, 0.3) is 0 Å². The smallest absolute Gasteiger partial charge is 0.456 e. The van der Waals surface area contributed by atoms with Gasteiger partial charge >= 0.3 is 13.8 Å². The Morgan fingerprint density at radius 1 is 0.430 bits per heavy atom. The first-order valence-corrected chi connectivity index (χ1v) is 35.8. The maximum Gasteiger partial charge on any atom is 0.472 e. The molecule has 0 aromatic carbocycles. The largest absolute Gasteiger partial charge is 0.472 e. The van der Waals surface area contributed by atoms with Crippen molar-refractivity contribution >= 4 is 19.7 Å². The van der Waals surface area contributed by atoms with E-state index in [1.807, 2.05) is 33.3 Å². The first-order valence-electron chi connectivity index (χ1n) is 34.3. The Hall–Kier alpha value is -1.77. The summed E-state index contributed by atoms with van der Waals surface area (Å²) in [6.45, 7) is 7.04. The number of carbonyl (C=O) groups is 2. The SMILES string of the molecule is CCCCCC/C=C\CCCCCCCCCC(=O)NC(COP(=O)(O)OCC[N+](C)(C)C)C(/C=C\CCCCCCCCCCCCC)OC(=O)CCCCCCCCCCCCCCCCC/C=C/CCCCCCCC. The van der Waals surface area contributed by atoms with Gasteiger partial charge in [-0.25, -0.2) is 4.57 Å². The van der Waals surface area contributed by atoms with Crippen molar-refractivity contribution in [2.24, 2.45) is 0 Å². The average molecular weight is 1130 g/mol. The van der Waals surface area contributed by atoms with Crippen molar-refractivity contribution in [1.29, 1.82) is 0 Å². The van der Waals surface area contributed by atoms with Gasteiger partial charge in [-0.15, -0.1) is 0 Å². The lowest BCUT2D eigenvalue weighted by Crippen LogP contribution is -2.47. The number of hydrogen-bond donors (Lipinski definition) is 2. The van der Waals surface area contributed by atoms with E-state index in [1.54, 1.807) is 0 Å². The zero-order valence-corrected chi connectivity index (χ0v) is 54.3. The highest BCUT2D eigenvalue weighted by Crippen LogP contribution is 2.43. The molecular formula is C69H134N2O7P+. The number of unbranched alkanes of at least 4 members (excludes halogenated alkanes) is 43. The minimum Gasteiger partial charge on any atom is -0.456 e. The Morgan fingerprint density at radius 3 is 1.09 bits per heavy atom. The molecule has 1 amide bonds. The van der Waals surface area contributed by atoms with E-state index < -0.39 is 20.0 Å². The molecule has 0 heterocycles. The molecule has 0 aromatic rings. The van der Waals surface area contributed by atoms with Crippen LogP contribution in [0.15, 0.2) is 36.5 Å². The molecule has 0 aliphatic heterocycles. The number of phosphoric ester groups is 1. The normalized spacial score (nSPS) is 13.8. The second kappa shape index (κ2) is 59.4. The summed E-state index contributed by atoms with van der Waals surface area (Å²) < 4.78 is 30.8. The topological polar surface area (TPSA) is 111 Å². The summed E-state index contributed by atoms with van der Waals surface area (Å²) in [5, 5.41) is 3.07. The predicted molar refractivity (Wildman–Crippen MR) is 342 cm³/mol. The molecule has 3 atom stereocenters. The van der Waals surface area contributed by atoms with Gasteiger partial charge in [0.1, 0.15) is 19.3 Å². The number of amides is 1. The molecule has 466 valence electrons. The fourth-order valence-electron chi connectivity index (χ4n) is 10.2. The van der Waals surface area contributed by atoms with E-state index in [1.165, 1.54) is 244 Å². The van der Waals surface area contributed by atoms with Crippen LogP contribution < -0.4 is 5.32 Å². The second-order valence-electron chi connectivity index (χ2n) is 24.7. The number of likely N-dealkylation sites (N-methyl/N-ethyl adjacent to an activating group) is 1. The predicted octanol–water partition coefficient (Wildman–Crippen LogP) is 21.5. The minimum absolute atomic E-state index is 0.0418. The van der Waals surface area contributed by atoms with Gasteiger partial charge in [-0.2, -0.15) is 0 Å². The number of esters is 1. The van der Waals surface area contributed by atoms with Crippen LogP contribution in [-0.4, -0.2) is 74.3 Å². The molecule has 0 bridgehead atoms. The summed E-state index contributed by atoms with van der Waals surface area (Å²) in [7, 11) is 1.51. The van der Waals surface area contributed by atoms with E-state index in [2.05, 4.69) is 50.4 Å². The van der Waals surface area contributed by atoms with Crippen molar-refractivity contribution in [1.82, 2.24) is 5.32 Å². The van der Waals surface area contributed by atoms with E-state index in [9.17, 15) is 19.0 Å². The maximum absolute atomic E-state index is 13.6. The van der Waals surface area contributed by atoms with Gasteiger partial charge in [0.15, 0.2) is 0 Å². The molecule has 79 heavy (non-hydrogen) atoms. The minimum atomic E-state index is -4.45. The van der Waals surface area contributed by atoms with E-state index in [-0.39, 0.29) is 25.1 Å². The molecular weight excluding hydrogens is 1000 g/mol. The number of carbonyl (C=O) groups excluding carboxylic acids is 2. The van der Waals surface area contributed by atoms with Gasteiger partial charge in [-0.05, 0) is 83.1 Å². The molecule has 0 spiro atoms. The first kappa shape index (κ1) is 77.2. The third-order valence-corrected chi connectivity index (χ3v) is 16.5. The van der Waals surface area contributed by atoms with Gasteiger partial charge < -0.3 is 19.4 Å². The molecule has 0 radical (unpaired) electrons. The molecule has 0 aliphatic carbocycles. The monoisotopic (exact) mass is 1130 g/mol. The molecule has 0 rings (SSSR count). The number of quaternary nitrogens is 1. The molecule has 10 heteroatoms. The Kier molecular flexibility index (Phi) is 58.1. The van der Waals surface area contributed by atoms with Crippen LogP contribution in [0.3, 0.4) is 0 Å². The van der Waals surface area contributed by atoms with Crippen molar-refractivity contribution in [3.8, 4) is 0 Å². The van der Waals surface area contributed by atoms with Crippen molar-refractivity contribution < 1.29 is 37.3 Å². The van der Waals surface area contributed by atoms with Gasteiger partial charge in [-0.1, -0.05) is 282 Å². The Balaban J connectivity index is 5.07. The van der Waals surface area contributed by atoms with Crippen molar-refractivity contribution in [3.63, 3.8) is 0 Å². The van der Waals surface area contributed by atoms with Crippen LogP contribution in [0.5, 0.6) is 0 Å². The first-order chi connectivity index (χ1) is 38.4. The summed E-state index contributed by atoms with van der Waals surface area (Å²) in [6, 6.07) is -0.847. The number of rotatable bonds is 63. The van der Waals surface area contributed by atoms with Gasteiger partial charge in [0.05, 0.1) is 33.8 Å². The fraction of sp³-hybridized carbons (Fsp3) is 0.884. The van der Waals surface area contributed by atoms with Crippen LogP contribution in [0.2, 0.25) is 0 Å². The lowest BCUT2D eigenvalue weighted by atomic mass is 10.0.